The fourth-order valence-electron chi connectivity index (χ4n) is 2.42. The molecular weight excluding hydrogens is 329 g/mol. The number of carbonyl (C=O) groups is 1. The third kappa shape index (κ3) is 4.20. The molecule has 2 rings (SSSR count). The van der Waals surface area contributed by atoms with E-state index in [2.05, 4.69) is 6.58 Å². The molecule has 0 amide bonds. The first kappa shape index (κ1) is 18.1. The SMILES string of the molecule is C=C(O)c1ccc(F)cc1Cc1ccc(C(=O)OCC)cc1[N+](=O)[O-]. The topological polar surface area (TPSA) is 89.7 Å². The summed E-state index contributed by atoms with van der Waals surface area (Å²) in [5, 5.41) is 21.0. The molecular formula is C18H16FNO5. The van der Waals surface area contributed by atoms with E-state index in [-0.39, 0.29) is 35.6 Å². The molecule has 0 unspecified atom stereocenters. The summed E-state index contributed by atoms with van der Waals surface area (Å²) in [6.45, 7) is 5.20. The predicted octanol–water partition coefficient (Wildman–Crippen LogP) is 4.03. The molecule has 0 saturated carbocycles. The molecule has 0 saturated heterocycles. The van der Waals surface area contributed by atoms with Crippen LogP contribution in [0.15, 0.2) is 43.0 Å². The number of aliphatic hydroxyl groups excluding tert-OH is 1. The number of nitrogens with zero attached hydrogens (tertiary/aromatic N) is 1. The molecule has 25 heavy (non-hydrogen) atoms. The number of ether oxygens (including phenoxy) is 1. The summed E-state index contributed by atoms with van der Waals surface area (Å²) in [7, 11) is 0. The molecule has 130 valence electrons. The average molecular weight is 345 g/mol. The molecule has 0 fully saturated rings. The Morgan fingerprint density at radius 3 is 2.60 bits per heavy atom. The molecule has 0 heterocycles. The number of carbonyl (C=O) groups excluding carboxylic acids is 1. The molecule has 1 N–H and O–H groups in total. The average Bonchev–Trinajstić information content (AvgIpc) is 2.55. The lowest BCUT2D eigenvalue weighted by molar-refractivity contribution is -0.385. The number of hydrogen-bond acceptors (Lipinski definition) is 5. The highest BCUT2D eigenvalue weighted by Crippen LogP contribution is 2.27. The molecule has 6 nitrogen and oxygen atoms in total. The van der Waals surface area contributed by atoms with Gasteiger partial charge in [-0.2, -0.15) is 0 Å². The Morgan fingerprint density at radius 1 is 1.28 bits per heavy atom. The number of hydrogen-bond donors (Lipinski definition) is 1. The Balaban J connectivity index is 2.47. The van der Waals surface area contributed by atoms with Crippen molar-refractivity contribution in [3.8, 4) is 0 Å². The van der Waals surface area contributed by atoms with Gasteiger partial charge in [0.2, 0.25) is 0 Å². The Hall–Kier alpha value is -3.22. The van der Waals surface area contributed by atoms with Gasteiger partial charge in [-0.15, -0.1) is 0 Å². The van der Waals surface area contributed by atoms with Crippen molar-refractivity contribution >= 4 is 17.4 Å². The molecule has 0 radical (unpaired) electrons. The number of rotatable bonds is 6. The zero-order valence-electron chi connectivity index (χ0n) is 13.5. The van der Waals surface area contributed by atoms with Crippen LogP contribution in [0.5, 0.6) is 0 Å². The minimum absolute atomic E-state index is 0.00785. The maximum atomic E-state index is 13.5. The second-order valence-electron chi connectivity index (χ2n) is 5.25. The lowest BCUT2D eigenvalue weighted by Gasteiger charge is -2.10. The van der Waals surface area contributed by atoms with E-state index in [0.29, 0.717) is 11.1 Å². The van der Waals surface area contributed by atoms with E-state index in [1.165, 1.54) is 30.3 Å². The van der Waals surface area contributed by atoms with Crippen LogP contribution in [0.3, 0.4) is 0 Å². The van der Waals surface area contributed by atoms with Crippen LogP contribution < -0.4 is 0 Å². The molecule has 0 bridgehead atoms. The lowest BCUT2D eigenvalue weighted by atomic mass is 9.97. The van der Waals surface area contributed by atoms with E-state index < -0.39 is 16.7 Å². The van der Waals surface area contributed by atoms with Gasteiger partial charge in [0, 0.05) is 23.6 Å². The highest BCUT2D eigenvalue weighted by atomic mass is 19.1. The molecule has 0 atom stereocenters. The first-order valence-corrected chi connectivity index (χ1v) is 7.44. The third-order valence-electron chi connectivity index (χ3n) is 3.55. The van der Waals surface area contributed by atoms with Crippen molar-refractivity contribution in [3.63, 3.8) is 0 Å². The largest absolute Gasteiger partial charge is 0.508 e. The van der Waals surface area contributed by atoms with Gasteiger partial charge in [-0.25, -0.2) is 9.18 Å². The molecule has 0 aliphatic carbocycles. The van der Waals surface area contributed by atoms with Crippen LogP contribution >= 0.6 is 0 Å². The molecule has 0 aliphatic rings. The van der Waals surface area contributed by atoms with E-state index in [9.17, 15) is 24.4 Å². The quantitative estimate of drug-likeness (QED) is 0.369. The Bertz CT molecular complexity index is 847. The van der Waals surface area contributed by atoms with Crippen LogP contribution in [-0.4, -0.2) is 22.6 Å². The van der Waals surface area contributed by atoms with Gasteiger partial charge >= 0.3 is 5.97 Å². The summed E-state index contributed by atoms with van der Waals surface area (Å²) >= 11 is 0. The zero-order chi connectivity index (χ0) is 18.6. The van der Waals surface area contributed by atoms with Crippen molar-refractivity contribution in [2.75, 3.05) is 6.61 Å². The Labute approximate surface area is 143 Å². The number of esters is 1. The van der Waals surface area contributed by atoms with Crippen molar-refractivity contribution in [2.45, 2.75) is 13.3 Å². The predicted molar refractivity (Wildman–Crippen MR) is 89.9 cm³/mol. The number of benzene rings is 2. The van der Waals surface area contributed by atoms with Crippen molar-refractivity contribution in [3.05, 3.63) is 81.2 Å². The van der Waals surface area contributed by atoms with Gasteiger partial charge in [0.25, 0.3) is 5.69 Å². The normalized spacial score (nSPS) is 10.3. The fourth-order valence-corrected chi connectivity index (χ4v) is 2.42. The van der Waals surface area contributed by atoms with Gasteiger partial charge in [0.05, 0.1) is 17.1 Å². The summed E-state index contributed by atoms with van der Waals surface area (Å²) in [5.74, 6) is -1.46. The second kappa shape index (κ2) is 7.57. The third-order valence-corrected chi connectivity index (χ3v) is 3.55. The maximum absolute atomic E-state index is 13.5. The molecule has 0 spiro atoms. The number of halogens is 1. The van der Waals surface area contributed by atoms with Crippen LogP contribution in [0.2, 0.25) is 0 Å². The highest BCUT2D eigenvalue weighted by Gasteiger charge is 2.20. The maximum Gasteiger partial charge on any atom is 0.338 e. The molecule has 0 aromatic heterocycles. The molecule has 0 aliphatic heterocycles. The van der Waals surface area contributed by atoms with Gasteiger partial charge < -0.3 is 9.84 Å². The van der Waals surface area contributed by atoms with Crippen LogP contribution in [0.4, 0.5) is 10.1 Å². The van der Waals surface area contributed by atoms with Gasteiger partial charge in [-0.3, -0.25) is 10.1 Å². The summed E-state index contributed by atoms with van der Waals surface area (Å²) in [6.07, 6.45) is -0.00785. The smallest absolute Gasteiger partial charge is 0.338 e. The number of nitro groups is 1. The van der Waals surface area contributed by atoms with Crippen molar-refractivity contribution < 1.29 is 24.0 Å². The molecule has 2 aromatic rings. The van der Waals surface area contributed by atoms with Crippen LogP contribution in [0.1, 0.15) is 34.0 Å². The number of nitro benzene ring substituents is 1. The van der Waals surface area contributed by atoms with Crippen molar-refractivity contribution in [1.82, 2.24) is 0 Å². The fraction of sp³-hybridized carbons (Fsp3) is 0.167. The summed E-state index contributed by atoms with van der Waals surface area (Å²) in [5.41, 5.74) is 0.684. The van der Waals surface area contributed by atoms with Crippen molar-refractivity contribution in [2.24, 2.45) is 0 Å². The molecule has 2 aromatic carbocycles. The first-order chi connectivity index (χ1) is 11.8. The summed E-state index contributed by atoms with van der Waals surface area (Å²) in [4.78, 5) is 22.5. The highest BCUT2D eigenvalue weighted by molar-refractivity contribution is 5.90. The van der Waals surface area contributed by atoms with E-state index in [4.69, 9.17) is 4.74 Å². The van der Waals surface area contributed by atoms with Crippen LogP contribution in [0, 0.1) is 15.9 Å². The first-order valence-electron chi connectivity index (χ1n) is 7.44. The minimum atomic E-state index is -0.660. The lowest BCUT2D eigenvalue weighted by Crippen LogP contribution is -2.07. The monoisotopic (exact) mass is 345 g/mol. The van der Waals surface area contributed by atoms with E-state index in [0.717, 1.165) is 6.07 Å². The van der Waals surface area contributed by atoms with Gasteiger partial charge in [-0.1, -0.05) is 12.6 Å². The van der Waals surface area contributed by atoms with E-state index in [1.54, 1.807) is 6.92 Å². The van der Waals surface area contributed by atoms with Crippen LogP contribution in [0.25, 0.3) is 5.76 Å². The van der Waals surface area contributed by atoms with Gasteiger partial charge in [0.15, 0.2) is 0 Å². The standard InChI is InChI=1S/C18H16FNO5/c1-3-25-18(22)13-5-4-12(17(10-13)20(23)24)8-14-9-15(19)6-7-16(14)11(2)21/h4-7,9-10,21H,2-3,8H2,1H3. The van der Waals surface area contributed by atoms with Gasteiger partial charge in [0.1, 0.15) is 11.6 Å². The Kier molecular flexibility index (Phi) is 5.49. The number of aliphatic hydroxyl groups is 1. The Morgan fingerprint density at radius 2 is 2.00 bits per heavy atom. The minimum Gasteiger partial charge on any atom is -0.508 e. The van der Waals surface area contributed by atoms with Crippen LogP contribution in [-0.2, 0) is 11.2 Å². The van der Waals surface area contributed by atoms with E-state index in [1.807, 2.05) is 0 Å². The summed E-state index contributed by atoms with van der Waals surface area (Å²) < 4.78 is 18.4. The van der Waals surface area contributed by atoms with Gasteiger partial charge in [-0.05, 0) is 36.8 Å². The zero-order valence-corrected chi connectivity index (χ0v) is 13.5. The molecule has 7 heteroatoms. The van der Waals surface area contributed by atoms with Crippen molar-refractivity contribution in [1.29, 1.82) is 0 Å². The second-order valence-corrected chi connectivity index (χ2v) is 5.25. The summed E-state index contributed by atoms with van der Waals surface area (Å²) in [6, 6.07) is 7.65. The van der Waals surface area contributed by atoms with E-state index >= 15 is 0 Å².